The molecule has 1 heterocycles. The number of hydrogen-bond donors (Lipinski definition) is 2. The van der Waals surface area contributed by atoms with Crippen LogP contribution in [0.15, 0.2) is 18.5 Å². The molecule has 2 N–H and O–H groups in total. The molecule has 3 nitrogen and oxygen atoms in total. The van der Waals surface area contributed by atoms with E-state index in [0.29, 0.717) is 6.54 Å². The Labute approximate surface area is 82.5 Å². The zero-order valence-corrected chi connectivity index (χ0v) is 8.48. The first-order chi connectivity index (χ1) is 6.02. The van der Waals surface area contributed by atoms with Crippen molar-refractivity contribution in [2.75, 3.05) is 6.54 Å². The van der Waals surface area contributed by atoms with Crippen LogP contribution < -0.4 is 5.32 Å². The van der Waals surface area contributed by atoms with E-state index in [-0.39, 0.29) is 5.41 Å². The predicted molar refractivity (Wildman–Crippen MR) is 53.1 cm³/mol. The summed E-state index contributed by atoms with van der Waals surface area (Å²) in [5.41, 5.74) is 1.06. The van der Waals surface area contributed by atoms with Gasteiger partial charge >= 0.3 is 5.37 Å². The van der Waals surface area contributed by atoms with Crippen molar-refractivity contribution >= 4 is 17.0 Å². The molecule has 0 bridgehead atoms. The van der Waals surface area contributed by atoms with E-state index < -0.39 is 5.37 Å². The first kappa shape index (κ1) is 10.1. The molecule has 4 heteroatoms. The van der Waals surface area contributed by atoms with Crippen molar-refractivity contribution in [2.24, 2.45) is 0 Å². The Balaban J connectivity index is 2.61. The van der Waals surface area contributed by atoms with Crippen molar-refractivity contribution in [2.45, 2.75) is 19.3 Å². The minimum atomic E-state index is -0.511. The molecule has 0 aliphatic heterocycles. The Morgan fingerprint density at radius 2 is 2.38 bits per heavy atom. The van der Waals surface area contributed by atoms with E-state index in [0.717, 1.165) is 5.56 Å². The summed E-state index contributed by atoms with van der Waals surface area (Å²) in [6.07, 6.45) is 3.78. The maximum atomic E-state index is 10.5. The van der Waals surface area contributed by atoms with Crippen LogP contribution in [0, 0.1) is 0 Å². The van der Waals surface area contributed by atoms with E-state index in [1.165, 1.54) is 0 Å². The van der Waals surface area contributed by atoms with Gasteiger partial charge in [-0.05, 0) is 23.2 Å². The molecular formula is C9H13ClN2O. The predicted octanol–water partition coefficient (Wildman–Crippen LogP) is 2.24. The van der Waals surface area contributed by atoms with Gasteiger partial charge in [0.05, 0.1) is 0 Å². The van der Waals surface area contributed by atoms with Crippen LogP contribution in [0.2, 0.25) is 0 Å². The molecule has 0 fully saturated rings. The number of hydrogen-bond acceptors (Lipinski definition) is 1. The quantitative estimate of drug-likeness (QED) is 0.571. The van der Waals surface area contributed by atoms with Gasteiger partial charge in [0.15, 0.2) is 0 Å². The Bertz CT molecular complexity index is 280. The van der Waals surface area contributed by atoms with Crippen LogP contribution in [0.1, 0.15) is 19.4 Å². The summed E-state index contributed by atoms with van der Waals surface area (Å²) in [7, 11) is 0. The number of carbonyl (C=O) groups excluding carboxylic acids is 1. The molecule has 0 aliphatic rings. The standard InChI is InChI=1S/C9H13ClN2O/c1-9(2,6-12-8(10)13)7-3-4-11-5-7/h3-5,11H,6H2,1-2H3,(H,12,13). The third-order valence-corrected chi connectivity index (χ3v) is 2.18. The second-order valence-corrected chi connectivity index (χ2v) is 3.95. The van der Waals surface area contributed by atoms with Gasteiger partial charge in [-0.2, -0.15) is 0 Å². The summed E-state index contributed by atoms with van der Waals surface area (Å²) < 4.78 is 0. The van der Waals surface area contributed by atoms with Crippen molar-refractivity contribution in [3.8, 4) is 0 Å². The minimum absolute atomic E-state index is 0.0927. The molecule has 13 heavy (non-hydrogen) atoms. The second-order valence-electron chi connectivity index (χ2n) is 3.61. The van der Waals surface area contributed by atoms with Crippen LogP contribution in [0.4, 0.5) is 4.79 Å². The highest BCUT2D eigenvalue weighted by Gasteiger charge is 2.21. The smallest absolute Gasteiger partial charge is 0.313 e. The molecule has 0 unspecified atom stereocenters. The van der Waals surface area contributed by atoms with Crippen LogP contribution in [0.3, 0.4) is 0 Å². The van der Waals surface area contributed by atoms with Gasteiger partial charge in [-0.3, -0.25) is 4.79 Å². The molecule has 0 saturated carbocycles. The lowest BCUT2D eigenvalue weighted by Crippen LogP contribution is -2.33. The van der Waals surface area contributed by atoms with Crippen LogP contribution in [0.25, 0.3) is 0 Å². The third kappa shape index (κ3) is 2.77. The van der Waals surface area contributed by atoms with Crippen molar-refractivity contribution in [1.82, 2.24) is 10.3 Å². The highest BCUT2D eigenvalue weighted by atomic mass is 35.5. The van der Waals surface area contributed by atoms with Gasteiger partial charge < -0.3 is 10.3 Å². The molecule has 1 aromatic rings. The van der Waals surface area contributed by atoms with Crippen molar-refractivity contribution < 1.29 is 4.79 Å². The average Bonchev–Trinajstić information content (AvgIpc) is 2.53. The van der Waals surface area contributed by atoms with Crippen LogP contribution in [0.5, 0.6) is 0 Å². The number of aromatic nitrogens is 1. The second kappa shape index (κ2) is 3.83. The van der Waals surface area contributed by atoms with E-state index in [1.807, 2.05) is 32.3 Å². The van der Waals surface area contributed by atoms with Gasteiger partial charge in [0, 0.05) is 24.4 Å². The Morgan fingerprint density at radius 3 is 2.85 bits per heavy atom. The molecule has 0 aliphatic carbocycles. The van der Waals surface area contributed by atoms with Crippen molar-refractivity contribution in [1.29, 1.82) is 0 Å². The lowest BCUT2D eigenvalue weighted by molar-refractivity contribution is 0.257. The number of nitrogens with one attached hydrogen (secondary N) is 2. The van der Waals surface area contributed by atoms with Crippen LogP contribution >= 0.6 is 11.6 Å². The molecule has 0 aromatic carbocycles. The number of aromatic amines is 1. The van der Waals surface area contributed by atoms with E-state index in [1.54, 1.807) is 0 Å². The zero-order valence-electron chi connectivity index (χ0n) is 7.73. The fourth-order valence-corrected chi connectivity index (χ4v) is 1.20. The molecule has 0 spiro atoms. The van der Waals surface area contributed by atoms with Crippen LogP contribution in [-0.2, 0) is 5.41 Å². The highest BCUT2D eigenvalue weighted by molar-refractivity contribution is 6.62. The summed E-state index contributed by atoms with van der Waals surface area (Å²) in [6.45, 7) is 4.62. The zero-order chi connectivity index (χ0) is 9.90. The Morgan fingerprint density at radius 1 is 1.69 bits per heavy atom. The number of rotatable bonds is 3. The van der Waals surface area contributed by atoms with Gasteiger partial charge in [-0.15, -0.1) is 0 Å². The maximum Gasteiger partial charge on any atom is 0.313 e. The fourth-order valence-electron chi connectivity index (χ4n) is 1.14. The maximum absolute atomic E-state index is 10.5. The van der Waals surface area contributed by atoms with E-state index in [9.17, 15) is 4.79 Å². The molecule has 0 radical (unpaired) electrons. The number of amides is 1. The molecule has 1 aromatic heterocycles. The van der Waals surface area contributed by atoms with E-state index in [2.05, 4.69) is 10.3 Å². The summed E-state index contributed by atoms with van der Waals surface area (Å²) in [5, 5.41) is 2.08. The van der Waals surface area contributed by atoms with E-state index >= 15 is 0 Å². The summed E-state index contributed by atoms with van der Waals surface area (Å²) in [6, 6.07) is 1.99. The monoisotopic (exact) mass is 200 g/mol. The minimum Gasteiger partial charge on any atom is -0.367 e. The molecule has 1 rings (SSSR count). The van der Waals surface area contributed by atoms with Gasteiger partial charge in [0.1, 0.15) is 0 Å². The lowest BCUT2D eigenvalue weighted by atomic mass is 9.86. The number of H-pyrrole nitrogens is 1. The topological polar surface area (TPSA) is 44.9 Å². The summed E-state index contributed by atoms with van der Waals surface area (Å²) in [5.74, 6) is 0. The molecule has 1 amide bonds. The molecule has 72 valence electrons. The SMILES string of the molecule is CC(C)(CNC(=O)Cl)c1cc[nH]c1. The Hall–Kier alpha value is -0.960. The van der Waals surface area contributed by atoms with Gasteiger partial charge in [0.2, 0.25) is 0 Å². The highest BCUT2D eigenvalue weighted by Crippen LogP contribution is 2.21. The normalized spacial score (nSPS) is 11.3. The molecule has 0 saturated heterocycles. The third-order valence-electron chi connectivity index (χ3n) is 2.05. The first-order valence-electron chi connectivity index (χ1n) is 4.09. The number of carbonyl (C=O) groups is 1. The lowest BCUT2D eigenvalue weighted by Gasteiger charge is -2.23. The van der Waals surface area contributed by atoms with Gasteiger partial charge in [-0.25, -0.2) is 0 Å². The van der Waals surface area contributed by atoms with Crippen molar-refractivity contribution in [3.05, 3.63) is 24.0 Å². The molecular weight excluding hydrogens is 188 g/mol. The summed E-state index contributed by atoms with van der Waals surface area (Å²) >= 11 is 5.19. The van der Waals surface area contributed by atoms with Crippen LogP contribution in [-0.4, -0.2) is 16.9 Å². The fraction of sp³-hybridized carbons (Fsp3) is 0.444. The molecule has 0 atom stereocenters. The largest absolute Gasteiger partial charge is 0.367 e. The van der Waals surface area contributed by atoms with Gasteiger partial charge in [-0.1, -0.05) is 13.8 Å². The summed E-state index contributed by atoms with van der Waals surface area (Å²) in [4.78, 5) is 13.5. The van der Waals surface area contributed by atoms with E-state index in [4.69, 9.17) is 11.6 Å². The first-order valence-corrected chi connectivity index (χ1v) is 4.47. The Kier molecular flexibility index (Phi) is 2.98. The van der Waals surface area contributed by atoms with Gasteiger partial charge in [0.25, 0.3) is 0 Å². The van der Waals surface area contributed by atoms with Crippen molar-refractivity contribution in [3.63, 3.8) is 0 Å². The number of halogens is 1. The average molecular weight is 201 g/mol.